The molecule has 0 fully saturated rings. The number of aromatic amines is 1. The molecule has 4 aromatic carbocycles. The van der Waals surface area contributed by atoms with E-state index < -0.39 is 12.1 Å². The number of amides is 3. The van der Waals surface area contributed by atoms with Gasteiger partial charge in [0.25, 0.3) is 0 Å². The predicted molar refractivity (Wildman–Crippen MR) is 224 cm³/mol. The third-order valence-electron chi connectivity index (χ3n) is 9.75. The molecule has 6 aromatic rings. The van der Waals surface area contributed by atoms with E-state index in [-0.39, 0.29) is 24.3 Å². The van der Waals surface area contributed by atoms with Crippen LogP contribution in [0.1, 0.15) is 55.7 Å². The molecule has 0 radical (unpaired) electrons. The minimum absolute atomic E-state index is 0.0114. The number of benzene rings is 4. The van der Waals surface area contributed by atoms with Crippen LogP contribution >= 0.6 is 0 Å². The first-order chi connectivity index (χ1) is 27.6. The van der Waals surface area contributed by atoms with E-state index in [4.69, 9.17) is 9.40 Å². The van der Waals surface area contributed by atoms with E-state index in [1.54, 1.807) is 17.2 Å². The SMILES string of the molecule is CCCN(CC(=O)Nc1cccc(-c2cnc(-c3cccc4[nH]c(CN(CCC)C(=O)[C@@H](c5ccccc5)N(C)C)nc34)o2)c1)C(=O)[C@@H](c1ccccc1)N(C)C. The molecule has 0 saturated carbocycles. The molecule has 2 atom stereocenters. The van der Waals surface area contributed by atoms with Crippen molar-refractivity contribution in [1.29, 1.82) is 0 Å². The van der Waals surface area contributed by atoms with Crippen LogP contribution in [-0.2, 0) is 20.9 Å². The summed E-state index contributed by atoms with van der Waals surface area (Å²) in [5.41, 5.74) is 5.31. The zero-order valence-corrected chi connectivity index (χ0v) is 33.6. The Morgan fingerprint density at radius 2 is 1.33 bits per heavy atom. The predicted octanol–water partition coefficient (Wildman–Crippen LogP) is 7.41. The molecule has 0 aliphatic carbocycles. The van der Waals surface area contributed by atoms with Crippen LogP contribution in [0.2, 0.25) is 0 Å². The first-order valence-corrected chi connectivity index (χ1v) is 19.4. The van der Waals surface area contributed by atoms with Crippen molar-refractivity contribution in [3.8, 4) is 22.8 Å². The Hall–Kier alpha value is -6.11. The molecule has 0 spiro atoms. The van der Waals surface area contributed by atoms with Gasteiger partial charge in [-0.05, 0) is 76.4 Å². The molecule has 296 valence electrons. The van der Waals surface area contributed by atoms with Gasteiger partial charge in [-0.15, -0.1) is 0 Å². The van der Waals surface area contributed by atoms with Crippen molar-refractivity contribution < 1.29 is 18.8 Å². The Balaban J connectivity index is 1.17. The van der Waals surface area contributed by atoms with Gasteiger partial charge in [-0.1, -0.05) is 92.7 Å². The van der Waals surface area contributed by atoms with E-state index in [0.29, 0.717) is 60.3 Å². The van der Waals surface area contributed by atoms with Crippen molar-refractivity contribution in [3.63, 3.8) is 0 Å². The van der Waals surface area contributed by atoms with Crippen molar-refractivity contribution in [2.75, 3.05) is 53.1 Å². The van der Waals surface area contributed by atoms with Crippen LogP contribution in [-0.4, -0.2) is 100 Å². The molecule has 0 aliphatic heterocycles. The number of oxazole rings is 1. The lowest BCUT2D eigenvalue weighted by molar-refractivity contribution is -0.139. The van der Waals surface area contributed by atoms with Crippen molar-refractivity contribution in [3.05, 3.63) is 126 Å². The lowest BCUT2D eigenvalue weighted by Gasteiger charge is -2.30. The number of para-hydroxylation sites is 1. The molecule has 0 saturated heterocycles. The van der Waals surface area contributed by atoms with E-state index in [0.717, 1.165) is 28.6 Å². The Kier molecular flexibility index (Phi) is 13.3. The molecule has 12 heteroatoms. The number of anilines is 1. The summed E-state index contributed by atoms with van der Waals surface area (Å²) >= 11 is 0. The summed E-state index contributed by atoms with van der Waals surface area (Å²) in [6.45, 7) is 5.33. The number of likely N-dealkylation sites (N-methyl/N-ethyl adjacent to an activating group) is 2. The van der Waals surface area contributed by atoms with Gasteiger partial charge in [-0.2, -0.15) is 0 Å². The molecule has 57 heavy (non-hydrogen) atoms. The van der Waals surface area contributed by atoms with E-state index >= 15 is 0 Å². The van der Waals surface area contributed by atoms with Crippen molar-refractivity contribution >= 4 is 34.4 Å². The second-order valence-electron chi connectivity index (χ2n) is 14.6. The van der Waals surface area contributed by atoms with Gasteiger partial charge in [-0.3, -0.25) is 24.2 Å². The van der Waals surface area contributed by atoms with Gasteiger partial charge in [0.2, 0.25) is 23.6 Å². The highest BCUT2D eigenvalue weighted by Crippen LogP contribution is 2.32. The van der Waals surface area contributed by atoms with E-state index in [1.807, 2.05) is 147 Å². The average Bonchev–Trinajstić information content (AvgIpc) is 3.86. The third kappa shape index (κ3) is 9.65. The van der Waals surface area contributed by atoms with Gasteiger partial charge in [0.05, 0.1) is 30.4 Å². The van der Waals surface area contributed by atoms with Gasteiger partial charge in [0.1, 0.15) is 23.4 Å². The van der Waals surface area contributed by atoms with Gasteiger partial charge in [0, 0.05) is 24.3 Å². The summed E-state index contributed by atoms with van der Waals surface area (Å²) in [5.74, 6) is 1.16. The van der Waals surface area contributed by atoms with Crippen LogP contribution in [0.25, 0.3) is 33.8 Å². The minimum Gasteiger partial charge on any atom is -0.436 e. The number of nitrogens with zero attached hydrogens (tertiary/aromatic N) is 6. The highest BCUT2D eigenvalue weighted by molar-refractivity contribution is 5.96. The Morgan fingerprint density at radius 3 is 1.95 bits per heavy atom. The lowest BCUT2D eigenvalue weighted by atomic mass is 10.0. The number of H-pyrrole nitrogens is 1. The van der Waals surface area contributed by atoms with Crippen LogP contribution in [0.4, 0.5) is 5.69 Å². The van der Waals surface area contributed by atoms with Crippen molar-refractivity contribution in [2.24, 2.45) is 0 Å². The van der Waals surface area contributed by atoms with Gasteiger partial charge < -0.3 is 24.5 Å². The summed E-state index contributed by atoms with van der Waals surface area (Å²) in [6.07, 6.45) is 3.18. The second kappa shape index (κ2) is 18.7. The molecule has 0 bridgehead atoms. The standard InChI is InChI=1S/C45H52N8O4/c1-7-25-52(44(55)41(50(3)4)31-17-11-9-12-18-31)29-38-48-36-24-16-23-35(40(36)49-38)43-46-28-37(57-43)33-21-15-22-34(27-33)47-39(54)30-53(26-8-2)45(56)42(51(5)6)32-19-13-10-14-20-32/h9-24,27-28,41-42H,7-8,25-26,29-30H2,1-6H3,(H,47,54)(H,48,49)/t41-,42-/m1/s1. The fraction of sp³-hybridized carbons (Fsp3) is 0.311. The van der Waals surface area contributed by atoms with E-state index in [1.165, 1.54) is 0 Å². The maximum Gasteiger partial charge on any atom is 0.244 e. The molecule has 2 aromatic heterocycles. The van der Waals surface area contributed by atoms with E-state index in [2.05, 4.69) is 22.2 Å². The van der Waals surface area contributed by atoms with Crippen LogP contribution in [0.3, 0.4) is 0 Å². The number of fused-ring (bicyclic) bond motifs is 1. The van der Waals surface area contributed by atoms with Crippen molar-refractivity contribution in [1.82, 2.24) is 34.6 Å². The van der Waals surface area contributed by atoms with Crippen LogP contribution in [0.15, 0.2) is 114 Å². The quantitative estimate of drug-likeness (QED) is 0.0982. The lowest BCUT2D eigenvalue weighted by Crippen LogP contribution is -2.44. The average molecular weight is 769 g/mol. The molecule has 6 rings (SSSR count). The number of hydrogen-bond donors (Lipinski definition) is 2. The molecule has 2 N–H and O–H groups in total. The number of imidazole rings is 1. The van der Waals surface area contributed by atoms with Crippen LogP contribution in [0.5, 0.6) is 0 Å². The summed E-state index contributed by atoms with van der Waals surface area (Å²) in [7, 11) is 7.58. The maximum absolute atomic E-state index is 14.0. The normalized spacial score (nSPS) is 12.5. The smallest absolute Gasteiger partial charge is 0.244 e. The molecular formula is C45H52N8O4. The van der Waals surface area contributed by atoms with Gasteiger partial charge >= 0.3 is 0 Å². The zero-order chi connectivity index (χ0) is 40.5. The molecule has 0 unspecified atom stereocenters. The number of hydrogen-bond acceptors (Lipinski definition) is 8. The summed E-state index contributed by atoms with van der Waals surface area (Å²) in [5, 5.41) is 2.97. The maximum atomic E-state index is 14.0. The van der Waals surface area contributed by atoms with Gasteiger partial charge in [-0.25, -0.2) is 9.97 Å². The Morgan fingerprint density at radius 1 is 0.737 bits per heavy atom. The first-order valence-electron chi connectivity index (χ1n) is 19.4. The summed E-state index contributed by atoms with van der Waals surface area (Å²) in [4.78, 5) is 61.4. The molecule has 0 aliphatic rings. The summed E-state index contributed by atoms with van der Waals surface area (Å²) in [6, 6.07) is 31.6. The number of nitrogens with one attached hydrogen (secondary N) is 2. The van der Waals surface area contributed by atoms with Crippen LogP contribution in [0, 0.1) is 0 Å². The number of rotatable bonds is 17. The third-order valence-corrected chi connectivity index (χ3v) is 9.75. The fourth-order valence-corrected chi connectivity index (χ4v) is 7.18. The summed E-state index contributed by atoms with van der Waals surface area (Å²) < 4.78 is 6.31. The second-order valence-corrected chi connectivity index (χ2v) is 14.6. The van der Waals surface area contributed by atoms with Crippen molar-refractivity contribution in [2.45, 2.75) is 45.3 Å². The molecule has 2 heterocycles. The molecule has 12 nitrogen and oxygen atoms in total. The number of carbonyl (C=O) groups excluding carboxylic acids is 3. The Labute approximate surface area is 334 Å². The largest absolute Gasteiger partial charge is 0.436 e. The van der Waals surface area contributed by atoms with E-state index in [9.17, 15) is 14.4 Å². The highest BCUT2D eigenvalue weighted by atomic mass is 16.4. The zero-order valence-electron chi connectivity index (χ0n) is 33.6. The monoisotopic (exact) mass is 768 g/mol. The fourth-order valence-electron chi connectivity index (χ4n) is 7.18. The molecular weight excluding hydrogens is 717 g/mol. The number of carbonyl (C=O) groups is 3. The minimum atomic E-state index is -0.505. The van der Waals surface area contributed by atoms with Gasteiger partial charge in [0.15, 0.2) is 5.76 Å². The first kappa shape index (κ1) is 40.6. The topological polar surface area (TPSA) is 131 Å². The Bertz CT molecular complexity index is 2270. The highest BCUT2D eigenvalue weighted by Gasteiger charge is 2.30. The number of aromatic nitrogens is 3. The molecule has 3 amide bonds. The van der Waals surface area contributed by atoms with Crippen LogP contribution < -0.4 is 5.32 Å².